The molecule has 0 aliphatic heterocycles. The molecule has 90 valence electrons. The molecule has 3 heteroatoms. The third kappa shape index (κ3) is 3.42. The van der Waals surface area contributed by atoms with E-state index in [1.54, 1.807) is 0 Å². The van der Waals surface area contributed by atoms with Crippen molar-refractivity contribution in [3.8, 4) is 5.75 Å². The standard InChI is InChI=1S/C13H22N2O/c1-9(2)16-12-7-10(3)13(11(4)8-12)15-6-5-14/h7-9,15H,5-6,14H2,1-4H3. The van der Waals surface area contributed by atoms with Gasteiger partial charge in [0.05, 0.1) is 6.10 Å². The summed E-state index contributed by atoms with van der Waals surface area (Å²) in [7, 11) is 0. The highest BCUT2D eigenvalue weighted by molar-refractivity contribution is 5.59. The molecule has 0 radical (unpaired) electrons. The molecule has 0 saturated carbocycles. The predicted octanol–water partition coefficient (Wildman–Crippen LogP) is 2.46. The Morgan fingerprint density at radius 2 is 1.81 bits per heavy atom. The van der Waals surface area contributed by atoms with Gasteiger partial charge in [0.1, 0.15) is 5.75 Å². The van der Waals surface area contributed by atoms with Crippen LogP contribution in [0.25, 0.3) is 0 Å². The van der Waals surface area contributed by atoms with Crippen LogP contribution in [0.15, 0.2) is 12.1 Å². The smallest absolute Gasteiger partial charge is 0.120 e. The third-order valence-electron chi connectivity index (χ3n) is 2.32. The Kier molecular flexibility index (Phi) is 4.62. The topological polar surface area (TPSA) is 47.3 Å². The van der Waals surface area contributed by atoms with Crippen LogP contribution in [-0.2, 0) is 0 Å². The van der Waals surface area contributed by atoms with Crippen molar-refractivity contribution in [3.05, 3.63) is 23.3 Å². The van der Waals surface area contributed by atoms with Crippen LogP contribution in [0.1, 0.15) is 25.0 Å². The van der Waals surface area contributed by atoms with Gasteiger partial charge in [0.25, 0.3) is 0 Å². The number of aryl methyl sites for hydroxylation is 2. The summed E-state index contributed by atoms with van der Waals surface area (Å²) in [4.78, 5) is 0. The lowest BCUT2D eigenvalue weighted by molar-refractivity contribution is 0.242. The fourth-order valence-electron chi connectivity index (χ4n) is 1.74. The van der Waals surface area contributed by atoms with Crippen LogP contribution < -0.4 is 15.8 Å². The summed E-state index contributed by atoms with van der Waals surface area (Å²) in [5, 5.41) is 3.33. The molecule has 1 rings (SSSR count). The van der Waals surface area contributed by atoms with Crippen LogP contribution in [0.5, 0.6) is 5.75 Å². The average molecular weight is 222 g/mol. The van der Waals surface area contributed by atoms with E-state index in [9.17, 15) is 0 Å². The van der Waals surface area contributed by atoms with E-state index in [1.807, 2.05) is 13.8 Å². The van der Waals surface area contributed by atoms with Gasteiger partial charge in [-0.15, -0.1) is 0 Å². The van der Waals surface area contributed by atoms with Gasteiger partial charge in [-0.1, -0.05) is 0 Å². The zero-order valence-electron chi connectivity index (χ0n) is 10.6. The van der Waals surface area contributed by atoms with Crippen LogP contribution in [-0.4, -0.2) is 19.2 Å². The Bertz CT molecular complexity index is 325. The second-order valence-corrected chi connectivity index (χ2v) is 4.31. The van der Waals surface area contributed by atoms with E-state index in [-0.39, 0.29) is 6.10 Å². The molecule has 0 amide bonds. The average Bonchev–Trinajstić information content (AvgIpc) is 2.15. The highest BCUT2D eigenvalue weighted by Crippen LogP contribution is 2.26. The Morgan fingerprint density at radius 3 is 2.25 bits per heavy atom. The molecular weight excluding hydrogens is 200 g/mol. The zero-order chi connectivity index (χ0) is 12.1. The summed E-state index contributed by atoms with van der Waals surface area (Å²) < 4.78 is 5.68. The van der Waals surface area contributed by atoms with Gasteiger partial charge in [-0.2, -0.15) is 0 Å². The first kappa shape index (κ1) is 12.8. The van der Waals surface area contributed by atoms with Crippen molar-refractivity contribution in [1.29, 1.82) is 0 Å². The van der Waals surface area contributed by atoms with Crippen molar-refractivity contribution in [2.75, 3.05) is 18.4 Å². The molecule has 3 N–H and O–H groups in total. The number of nitrogens with two attached hydrogens (primary N) is 1. The van der Waals surface area contributed by atoms with Crippen molar-refractivity contribution in [3.63, 3.8) is 0 Å². The molecule has 0 unspecified atom stereocenters. The van der Waals surface area contributed by atoms with Crippen LogP contribution in [0, 0.1) is 13.8 Å². The molecule has 1 aromatic carbocycles. The van der Waals surface area contributed by atoms with E-state index in [4.69, 9.17) is 10.5 Å². The molecule has 0 spiro atoms. The summed E-state index contributed by atoms with van der Waals surface area (Å²) in [6, 6.07) is 4.12. The Balaban J connectivity index is 2.89. The van der Waals surface area contributed by atoms with Crippen LogP contribution in [0.2, 0.25) is 0 Å². The van der Waals surface area contributed by atoms with Gasteiger partial charge in [-0.3, -0.25) is 0 Å². The lowest BCUT2D eigenvalue weighted by atomic mass is 10.1. The first-order valence-electron chi connectivity index (χ1n) is 5.76. The van der Waals surface area contributed by atoms with E-state index in [1.165, 1.54) is 16.8 Å². The van der Waals surface area contributed by atoms with Gasteiger partial charge in [-0.25, -0.2) is 0 Å². The Labute approximate surface area is 98.0 Å². The van der Waals surface area contributed by atoms with Crippen LogP contribution in [0.3, 0.4) is 0 Å². The number of hydrogen-bond acceptors (Lipinski definition) is 3. The molecule has 0 saturated heterocycles. The Morgan fingerprint density at radius 1 is 1.25 bits per heavy atom. The minimum absolute atomic E-state index is 0.210. The summed E-state index contributed by atoms with van der Waals surface area (Å²) >= 11 is 0. The summed E-state index contributed by atoms with van der Waals surface area (Å²) in [5.74, 6) is 0.934. The van der Waals surface area contributed by atoms with E-state index in [2.05, 4.69) is 31.3 Å². The number of ether oxygens (including phenoxy) is 1. The van der Waals surface area contributed by atoms with Gasteiger partial charge >= 0.3 is 0 Å². The fraction of sp³-hybridized carbons (Fsp3) is 0.538. The highest BCUT2D eigenvalue weighted by Gasteiger charge is 2.06. The fourth-order valence-corrected chi connectivity index (χ4v) is 1.74. The minimum atomic E-state index is 0.210. The van der Waals surface area contributed by atoms with E-state index >= 15 is 0 Å². The number of benzene rings is 1. The van der Waals surface area contributed by atoms with E-state index < -0.39 is 0 Å². The molecule has 16 heavy (non-hydrogen) atoms. The summed E-state index contributed by atoms with van der Waals surface area (Å²) in [6.07, 6.45) is 0.210. The van der Waals surface area contributed by atoms with Gasteiger partial charge in [-0.05, 0) is 51.0 Å². The van der Waals surface area contributed by atoms with Crippen molar-refractivity contribution >= 4 is 5.69 Å². The largest absolute Gasteiger partial charge is 0.491 e. The monoisotopic (exact) mass is 222 g/mol. The van der Waals surface area contributed by atoms with Gasteiger partial charge < -0.3 is 15.8 Å². The number of hydrogen-bond donors (Lipinski definition) is 2. The van der Waals surface area contributed by atoms with Crippen molar-refractivity contribution < 1.29 is 4.74 Å². The normalized spacial score (nSPS) is 10.6. The molecule has 0 aliphatic carbocycles. The molecular formula is C13H22N2O. The van der Waals surface area contributed by atoms with Crippen LogP contribution >= 0.6 is 0 Å². The first-order chi connectivity index (χ1) is 7.54. The Hall–Kier alpha value is -1.22. The molecule has 0 heterocycles. The number of anilines is 1. The second-order valence-electron chi connectivity index (χ2n) is 4.31. The quantitative estimate of drug-likeness (QED) is 0.804. The number of rotatable bonds is 5. The third-order valence-corrected chi connectivity index (χ3v) is 2.32. The van der Waals surface area contributed by atoms with Gasteiger partial charge in [0.15, 0.2) is 0 Å². The van der Waals surface area contributed by atoms with Crippen molar-refractivity contribution in [1.82, 2.24) is 0 Å². The second kappa shape index (κ2) is 5.75. The summed E-state index contributed by atoms with van der Waals surface area (Å²) in [6.45, 7) is 9.67. The minimum Gasteiger partial charge on any atom is -0.491 e. The molecule has 0 atom stereocenters. The molecule has 0 aliphatic rings. The summed E-state index contributed by atoms with van der Waals surface area (Å²) in [5.41, 5.74) is 9.05. The first-order valence-corrected chi connectivity index (χ1v) is 5.76. The molecule has 3 nitrogen and oxygen atoms in total. The van der Waals surface area contributed by atoms with E-state index in [0.717, 1.165) is 12.3 Å². The lowest BCUT2D eigenvalue weighted by Gasteiger charge is -2.16. The number of nitrogens with one attached hydrogen (secondary N) is 1. The van der Waals surface area contributed by atoms with Crippen molar-refractivity contribution in [2.45, 2.75) is 33.8 Å². The highest BCUT2D eigenvalue weighted by atomic mass is 16.5. The molecule has 1 aromatic rings. The van der Waals surface area contributed by atoms with E-state index in [0.29, 0.717) is 6.54 Å². The lowest BCUT2D eigenvalue weighted by Crippen LogP contribution is -2.14. The molecule has 0 fully saturated rings. The molecule has 0 bridgehead atoms. The van der Waals surface area contributed by atoms with Gasteiger partial charge in [0.2, 0.25) is 0 Å². The zero-order valence-corrected chi connectivity index (χ0v) is 10.6. The van der Waals surface area contributed by atoms with Gasteiger partial charge in [0, 0.05) is 18.8 Å². The molecule has 0 aromatic heterocycles. The maximum absolute atomic E-state index is 5.68. The SMILES string of the molecule is Cc1cc(OC(C)C)cc(C)c1NCCN. The van der Waals surface area contributed by atoms with Crippen LogP contribution in [0.4, 0.5) is 5.69 Å². The maximum Gasteiger partial charge on any atom is 0.120 e. The van der Waals surface area contributed by atoms with Crippen molar-refractivity contribution in [2.24, 2.45) is 5.73 Å². The maximum atomic E-state index is 5.68. The predicted molar refractivity (Wildman–Crippen MR) is 69.2 cm³/mol.